The number of hydrogen-bond acceptors (Lipinski definition) is 6. The Morgan fingerprint density at radius 1 is 0.723 bits per heavy atom. The van der Waals surface area contributed by atoms with Crippen molar-refractivity contribution in [2.75, 3.05) is 17.4 Å². The van der Waals surface area contributed by atoms with Crippen LogP contribution in [0.15, 0.2) is 138 Å². The molecule has 0 radical (unpaired) electrons. The second-order valence-electron chi connectivity index (χ2n) is 10.7. The Bertz CT molecular complexity index is 1930. The van der Waals surface area contributed by atoms with Crippen molar-refractivity contribution in [1.29, 1.82) is 0 Å². The van der Waals surface area contributed by atoms with Gasteiger partial charge in [0.25, 0.3) is 11.8 Å². The molecule has 1 aliphatic rings. The summed E-state index contributed by atoms with van der Waals surface area (Å²) in [6, 6.07) is 38.4. The first-order valence-corrected chi connectivity index (χ1v) is 15.8. The highest BCUT2D eigenvalue weighted by atomic mass is 32.2. The zero-order valence-corrected chi connectivity index (χ0v) is 26.3. The monoisotopic (exact) mass is 641 g/mol. The number of ether oxygens (including phenoxy) is 2. The van der Waals surface area contributed by atoms with Crippen LogP contribution in [0.5, 0.6) is 11.5 Å². The first-order chi connectivity index (χ1) is 22.9. The van der Waals surface area contributed by atoms with Gasteiger partial charge in [0.15, 0.2) is 11.5 Å². The molecular weight excluding hydrogens is 611 g/mol. The first kappa shape index (κ1) is 31.2. The molecule has 3 N–H and O–H groups in total. The third-order valence-corrected chi connectivity index (χ3v) is 8.49. The fraction of sp³-hybridized carbons (Fsp3) is 0.0789. The van der Waals surface area contributed by atoms with Crippen LogP contribution in [0.4, 0.5) is 11.4 Å². The number of hydrogen-bond donors (Lipinski definition) is 3. The van der Waals surface area contributed by atoms with Gasteiger partial charge in [-0.05, 0) is 72.7 Å². The third kappa shape index (κ3) is 8.08. The van der Waals surface area contributed by atoms with Gasteiger partial charge in [-0.25, -0.2) is 0 Å². The number of fused-ring (bicyclic) bond motifs is 1. The fourth-order valence-corrected chi connectivity index (χ4v) is 5.93. The Morgan fingerprint density at radius 2 is 1.43 bits per heavy atom. The van der Waals surface area contributed by atoms with Gasteiger partial charge in [-0.15, -0.1) is 11.8 Å². The van der Waals surface area contributed by atoms with Gasteiger partial charge in [0.2, 0.25) is 12.7 Å². The molecule has 0 aromatic heterocycles. The summed E-state index contributed by atoms with van der Waals surface area (Å²) in [6.45, 7) is 2.11. The van der Waals surface area contributed by atoms with Gasteiger partial charge >= 0.3 is 0 Å². The van der Waals surface area contributed by atoms with E-state index in [0.29, 0.717) is 28.4 Å². The summed E-state index contributed by atoms with van der Waals surface area (Å²) >= 11 is 1.39. The van der Waals surface area contributed by atoms with Crippen molar-refractivity contribution in [3.8, 4) is 11.5 Å². The van der Waals surface area contributed by atoms with Crippen LogP contribution in [0.3, 0.4) is 0 Å². The fourth-order valence-electron chi connectivity index (χ4n) is 4.90. The Morgan fingerprint density at radius 3 is 2.17 bits per heavy atom. The number of rotatable bonds is 10. The molecule has 9 heteroatoms. The van der Waals surface area contributed by atoms with E-state index in [0.717, 1.165) is 21.6 Å². The highest BCUT2D eigenvalue weighted by Crippen LogP contribution is 2.38. The van der Waals surface area contributed by atoms with E-state index in [4.69, 9.17) is 9.47 Å². The normalized spacial score (nSPS) is 12.6. The van der Waals surface area contributed by atoms with Crippen molar-refractivity contribution < 1.29 is 23.9 Å². The molecule has 1 heterocycles. The molecule has 1 atom stereocenters. The standard InChI is InChI=1S/C38H31N3O5S/c1-25-9-8-10-26(21-25)22-32(41-36(42)28-13-6-3-7-14-28)37(43)39-29-15-18-31(19-16-29)47-35(27-11-4-2-5-12-27)38(44)40-30-17-20-33-34(23-30)46-24-45-33/h2-23,35H,24H2,1H3,(H,39,43)(H,40,44)(H,41,42)/b32-22-. The quantitative estimate of drug-likeness (QED) is 0.107. The second-order valence-corrected chi connectivity index (χ2v) is 11.9. The topological polar surface area (TPSA) is 106 Å². The number of benzene rings is 5. The minimum Gasteiger partial charge on any atom is -0.454 e. The largest absolute Gasteiger partial charge is 0.454 e. The highest BCUT2D eigenvalue weighted by molar-refractivity contribution is 8.00. The van der Waals surface area contributed by atoms with Crippen LogP contribution in [-0.2, 0) is 9.59 Å². The Kier molecular flexibility index (Phi) is 9.64. The Balaban J connectivity index is 1.18. The molecule has 6 rings (SSSR count). The molecule has 0 bridgehead atoms. The maximum atomic E-state index is 13.6. The van der Waals surface area contributed by atoms with Gasteiger partial charge in [-0.2, -0.15) is 0 Å². The van der Waals surface area contributed by atoms with Gasteiger partial charge in [0, 0.05) is 27.9 Å². The molecule has 1 unspecified atom stereocenters. The van der Waals surface area contributed by atoms with E-state index < -0.39 is 17.1 Å². The van der Waals surface area contributed by atoms with Gasteiger partial charge in [0.1, 0.15) is 10.9 Å². The number of anilines is 2. The predicted molar refractivity (Wildman–Crippen MR) is 184 cm³/mol. The number of thioether (sulfide) groups is 1. The zero-order chi connectivity index (χ0) is 32.6. The minimum absolute atomic E-state index is 0.104. The van der Waals surface area contributed by atoms with E-state index in [2.05, 4.69) is 16.0 Å². The maximum absolute atomic E-state index is 13.6. The molecule has 0 saturated carbocycles. The SMILES string of the molecule is Cc1cccc(/C=C(\NC(=O)c2ccccc2)C(=O)Nc2ccc(SC(C(=O)Nc3ccc4c(c3)OCO4)c3ccccc3)cc2)c1. The molecule has 3 amide bonds. The lowest BCUT2D eigenvalue weighted by molar-refractivity contribution is -0.116. The predicted octanol–water partition coefficient (Wildman–Crippen LogP) is 7.61. The number of aryl methyl sites for hydroxylation is 1. The molecule has 5 aromatic rings. The van der Waals surface area contributed by atoms with Crippen molar-refractivity contribution in [1.82, 2.24) is 5.32 Å². The molecule has 0 saturated heterocycles. The molecule has 0 spiro atoms. The van der Waals surface area contributed by atoms with Gasteiger partial charge in [0.05, 0.1) is 0 Å². The third-order valence-electron chi connectivity index (χ3n) is 7.23. The molecule has 0 fully saturated rings. The average Bonchev–Trinajstić information content (AvgIpc) is 3.56. The number of carbonyl (C=O) groups is 3. The van der Waals surface area contributed by atoms with Crippen molar-refractivity contribution in [3.63, 3.8) is 0 Å². The lowest BCUT2D eigenvalue weighted by Crippen LogP contribution is -2.30. The molecule has 8 nitrogen and oxygen atoms in total. The summed E-state index contributed by atoms with van der Waals surface area (Å²) in [6.07, 6.45) is 1.65. The minimum atomic E-state index is -0.556. The van der Waals surface area contributed by atoms with Crippen LogP contribution in [0.2, 0.25) is 0 Å². The first-order valence-electron chi connectivity index (χ1n) is 14.9. The van der Waals surface area contributed by atoms with Gasteiger partial charge < -0.3 is 25.4 Å². The lowest BCUT2D eigenvalue weighted by atomic mass is 10.1. The number of carbonyl (C=O) groups excluding carboxylic acids is 3. The van der Waals surface area contributed by atoms with Crippen LogP contribution in [0.1, 0.15) is 32.3 Å². The summed E-state index contributed by atoms with van der Waals surface area (Å²) in [4.78, 5) is 40.8. The van der Waals surface area contributed by atoms with E-state index in [1.165, 1.54) is 11.8 Å². The molecule has 0 aliphatic carbocycles. The summed E-state index contributed by atoms with van der Waals surface area (Å²) < 4.78 is 10.8. The van der Waals surface area contributed by atoms with E-state index in [1.54, 1.807) is 60.7 Å². The van der Waals surface area contributed by atoms with Crippen LogP contribution in [0, 0.1) is 6.92 Å². The number of amides is 3. The van der Waals surface area contributed by atoms with Crippen LogP contribution >= 0.6 is 11.8 Å². The maximum Gasteiger partial charge on any atom is 0.272 e. The van der Waals surface area contributed by atoms with E-state index in [9.17, 15) is 14.4 Å². The summed E-state index contributed by atoms with van der Waals surface area (Å²) in [5.41, 5.74) is 4.32. The van der Waals surface area contributed by atoms with Gasteiger partial charge in [-0.1, -0.05) is 78.4 Å². The molecule has 234 valence electrons. The van der Waals surface area contributed by atoms with E-state index >= 15 is 0 Å². The zero-order valence-electron chi connectivity index (χ0n) is 25.4. The second kappa shape index (κ2) is 14.5. The Hall–Kier alpha value is -5.80. The molecule has 1 aliphatic heterocycles. The molecule has 47 heavy (non-hydrogen) atoms. The molecular formula is C38H31N3O5S. The van der Waals surface area contributed by atoms with Gasteiger partial charge in [-0.3, -0.25) is 14.4 Å². The highest BCUT2D eigenvalue weighted by Gasteiger charge is 2.24. The summed E-state index contributed by atoms with van der Waals surface area (Å²) in [7, 11) is 0. The lowest BCUT2D eigenvalue weighted by Gasteiger charge is -2.18. The summed E-state index contributed by atoms with van der Waals surface area (Å²) in [5.74, 6) is 0.165. The average molecular weight is 642 g/mol. The van der Waals surface area contributed by atoms with Crippen molar-refractivity contribution in [2.45, 2.75) is 17.1 Å². The van der Waals surface area contributed by atoms with Crippen LogP contribution in [-0.4, -0.2) is 24.5 Å². The molecule has 5 aromatic carbocycles. The van der Waals surface area contributed by atoms with Crippen LogP contribution < -0.4 is 25.4 Å². The Labute approximate surface area is 276 Å². The van der Waals surface area contributed by atoms with Crippen LogP contribution in [0.25, 0.3) is 6.08 Å². The van der Waals surface area contributed by atoms with E-state index in [1.807, 2.05) is 79.7 Å². The number of nitrogens with one attached hydrogen (secondary N) is 3. The summed E-state index contributed by atoms with van der Waals surface area (Å²) in [5, 5.41) is 8.10. The van der Waals surface area contributed by atoms with Crippen molar-refractivity contribution >= 4 is 46.9 Å². The van der Waals surface area contributed by atoms with E-state index in [-0.39, 0.29) is 18.4 Å². The smallest absolute Gasteiger partial charge is 0.272 e. The van der Waals surface area contributed by atoms with Crippen molar-refractivity contribution in [2.24, 2.45) is 0 Å². The van der Waals surface area contributed by atoms with Crippen molar-refractivity contribution in [3.05, 3.63) is 155 Å².